The molecule has 3 rings (SSSR count). The van der Waals surface area contributed by atoms with Crippen molar-refractivity contribution in [1.29, 1.82) is 0 Å². The first-order chi connectivity index (χ1) is 12.2. The minimum atomic E-state index is -0.446. The Morgan fingerprint density at radius 2 is 1.81 bits per heavy atom. The molecule has 0 aromatic heterocycles. The molecule has 0 saturated carbocycles. The lowest BCUT2D eigenvalue weighted by atomic mass is 9.88. The molecule has 0 bridgehead atoms. The lowest BCUT2D eigenvalue weighted by Crippen LogP contribution is -2.42. The quantitative estimate of drug-likeness (QED) is 0.749. The van der Waals surface area contributed by atoms with Gasteiger partial charge in [0.05, 0.1) is 6.04 Å². The van der Waals surface area contributed by atoms with Crippen LogP contribution in [0.25, 0.3) is 0 Å². The summed E-state index contributed by atoms with van der Waals surface area (Å²) in [5.74, 6) is 0.438. The number of hydrazone groups is 1. The highest BCUT2D eigenvalue weighted by Gasteiger charge is 2.33. The van der Waals surface area contributed by atoms with Crippen molar-refractivity contribution in [2.45, 2.75) is 51.7 Å². The Morgan fingerprint density at radius 1 is 1.19 bits per heavy atom. The number of carbonyl (C=O) groups excluding carboxylic acids is 1. The molecule has 26 heavy (non-hydrogen) atoms. The second-order valence-electron chi connectivity index (χ2n) is 8.18. The van der Waals surface area contributed by atoms with Gasteiger partial charge in [0.25, 0.3) is 0 Å². The lowest BCUT2D eigenvalue weighted by Gasteiger charge is -2.33. The maximum Gasteiger partial charge on any atom is 0.410 e. The molecular formula is C20H28ClN3O2. The van der Waals surface area contributed by atoms with E-state index >= 15 is 0 Å². The van der Waals surface area contributed by atoms with Gasteiger partial charge in [0.2, 0.25) is 0 Å². The largest absolute Gasteiger partial charge is 0.444 e. The summed E-state index contributed by atoms with van der Waals surface area (Å²) in [5, 5.41) is 7.61. The van der Waals surface area contributed by atoms with Crippen LogP contribution in [0.3, 0.4) is 0 Å². The third-order valence-electron chi connectivity index (χ3n) is 5.01. The monoisotopic (exact) mass is 377 g/mol. The summed E-state index contributed by atoms with van der Waals surface area (Å²) in [6.45, 7) is 7.16. The molecule has 1 amide bonds. The smallest absolute Gasteiger partial charge is 0.410 e. The number of piperidine rings is 1. The van der Waals surface area contributed by atoms with Gasteiger partial charge in [0.1, 0.15) is 5.60 Å². The van der Waals surface area contributed by atoms with Crippen molar-refractivity contribution in [1.82, 2.24) is 9.91 Å². The number of halogens is 1. The molecule has 1 unspecified atom stereocenters. The predicted molar refractivity (Wildman–Crippen MR) is 105 cm³/mol. The van der Waals surface area contributed by atoms with Crippen LogP contribution in [0.5, 0.6) is 0 Å². The highest BCUT2D eigenvalue weighted by Crippen LogP contribution is 2.34. The van der Waals surface area contributed by atoms with E-state index in [-0.39, 0.29) is 12.1 Å². The molecule has 1 atom stereocenters. The Kier molecular flexibility index (Phi) is 5.47. The molecule has 0 N–H and O–H groups in total. The third kappa shape index (κ3) is 4.50. The predicted octanol–water partition coefficient (Wildman–Crippen LogP) is 4.72. The average Bonchev–Trinajstić information content (AvgIpc) is 2.96. The number of rotatable bonds is 2. The minimum Gasteiger partial charge on any atom is -0.444 e. The van der Waals surface area contributed by atoms with E-state index in [1.165, 1.54) is 11.3 Å². The minimum absolute atomic E-state index is 0.208. The van der Waals surface area contributed by atoms with Crippen molar-refractivity contribution in [2.24, 2.45) is 11.0 Å². The van der Waals surface area contributed by atoms with Crippen molar-refractivity contribution in [3.05, 3.63) is 34.9 Å². The van der Waals surface area contributed by atoms with Gasteiger partial charge in [0.15, 0.2) is 0 Å². The SMILES string of the molecule is CN1N=C(C2CCN(C(=O)OC(C)(C)C)CC2)CC1c1ccc(Cl)cc1. The van der Waals surface area contributed by atoms with E-state index in [0.29, 0.717) is 5.92 Å². The van der Waals surface area contributed by atoms with Crippen molar-refractivity contribution >= 4 is 23.4 Å². The fourth-order valence-corrected chi connectivity index (χ4v) is 3.76. The molecule has 1 saturated heterocycles. The second kappa shape index (κ2) is 7.47. The maximum atomic E-state index is 12.2. The van der Waals surface area contributed by atoms with E-state index in [2.05, 4.69) is 17.1 Å². The topological polar surface area (TPSA) is 45.1 Å². The zero-order valence-corrected chi connectivity index (χ0v) is 16.8. The first kappa shape index (κ1) is 19.0. The highest BCUT2D eigenvalue weighted by molar-refractivity contribution is 6.30. The molecule has 6 heteroatoms. The van der Waals surface area contributed by atoms with E-state index in [4.69, 9.17) is 21.4 Å². The van der Waals surface area contributed by atoms with Gasteiger partial charge in [-0.05, 0) is 51.3 Å². The van der Waals surface area contributed by atoms with Crippen molar-refractivity contribution < 1.29 is 9.53 Å². The average molecular weight is 378 g/mol. The van der Waals surface area contributed by atoms with Gasteiger partial charge in [-0.2, -0.15) is 5.10 Å². The molecule has 0 radical (unpaired) electrons. The van der Waals surface area contributed by atoms with Gasteiger partial charge in [-0.3, -0.25) is 5.01 Å². The van der Waals surface area contributed by atoms with E-state index < -0.39 is 5.60 Å². The summed E-state index contributed by atoms with van der Waals surface area (Å²) in [6.07, 6.45) is 2.62. The summed E-state index contributed by atoms with van der Waals surface area (Å²) >= 11 is 6.00. The first-order valence-electron chi connectivity index (χ1n) is 9.26. The third-order valence-corrected chi connectivity index (χ3v) is 5.26. The molecule has 142 valence electrons. The second-order valence-corrected chi connectivity index (χ2v) is 8.61. The van der Waals surface area contributed by atoms with E-state index in [0.717, 1.165) is 37.4 Å². The summed E-state index contributed by atoms with van der Waals surface area (Å²) in [6, 6.07) is 8.29. The van der Waals surface area contributed by atoms with E-state index in [9.17, 15) is 4.79 Å². The standard InChI is InChI=1S/C20H28ClN3O2/c1-20(2,3)26-19(25)24-11-9-14(10-12-24)17-13-18(23(4)22-17)15-5-7-16(21)8-6-15/h5-8,14,18H,9-13H2,1-4H3. The molecule has 0 spiro atoms. The van der Waals surface area contributed by atoms with E-state index in [1.807, 2.05) is 44.9 Å². The van der Waals surface area contributed by atoms with Gasteiger partial charge < -0.3 is 9.64 Å². The Bertz CT molecular complexity index is 673. The van der Waals surface area contributed by atoms with Crippen LogP contribution in [0.1, 0.15) is 51.6 Å². The normalized spacial score (nSPS) is 21.7. The van der Waals surface area contributed by atoms with Crippen LogP contribution in [0.15, 0.2) is 29.4 Å². The number of carbonyl (C=O) groups is 1. The van der Waals surface area contributed by atoms with Crippen LogP contribution in [-0.4, -0.2) is 47.5 Å². The summed E-state index contributed by atoms with van der Waals surface area (Å²) in [7, 11) is 2.03. The van der Waals surface area contributed by atoms with Crippen LogP contribution in [-0.2, 0) is 4.74 Å². The zero-order chi connectivity index (χ0) is 18.9. The van der Waals surface area contributed by atoms with Crippen LogP contribution in [0, 0.1) is 5.92 Å². The van der Waals surface area contributed by atoms with Crippen molar-refractivity contribution in [3.8, 4) is 0 Å². The molecule has 5 nitrogen and oxygen atoms in total. The van der Waals surface area contributed by atoms with Crippen LogP contribution < -0.4 is 0 Å². The maximum absolute atomic E-state index is 12.2. The molecule has 1 fully saturated rings. The number of hydrogen-bond donors (Lipinski definition) is 0. The molecular weight excluding hydrogens is 350 g/mol. The summed E-state index contributed by atoms with van der Waals surface area (Å²) < 4.78 is 5.48. The lowest BCUT2D eigenvalue weighted by molar-refractivity contribution is 0.0201. The fraction of sp³-hybridized carbons (Fsp3) is 0.600. The van der Waals surface area contributed by atoms with Gasteiger partial charge >= 0.3 is 6.09 Å². The van der Waals surface area contributed by atoms with Crippen LogP contribution in [0.4, 0.5) is 4.79 Å². The van der Waals surface area contributed by atoms with Gasteiger partial charge in [-0.25, -0.2) is 4.79 Å². The van der Waals surface area contributed by atoms with Gasteiger partial charge in [-0.1, -0.05) is 23.7 Å². The Balaban J connectivity index is 1.56. The Hall–Kier alpha value is -1.75. The number of benzene rings is 1. The molecule has 2 heterocycles. The zero-order valence-electron chi connectivity index (χ0n) is 16.0. The van der Waals surface area contributed by atoms with Crippen molar-refractivity contribution in [2.75, 3.05) is 20.1 Å². The highest BCUT2D eigenvalue weighted by atomic mass is 35.5. The molecule has 1 aromatic carbocycles. The first-order valence-corrected chi connectivity index (χ1v) is 9.64. The molecule has 1 aromatic rings. The number of hydrogen-bond acceptors (Lipinski definition) is 4. The van der Waals surface area contributed by atoms with Crippen molar-refractivity contribution in [3.63, 3.8) is 0 Å². The number of ether oxygens (including phenoxy) is 1. The van der Waals surface area contributed by atoms with E-state index in [1.54, 1.807) is 0 Å². The van der Waals surface area contributed by atoms with Gasteiger partial charge in [0, 0.05) is 43.2 Å². The van der Waals surface area contributed by atoms with Crippen LogP contribution in [0.2, 0.25) is 5.02 Å². The molecule has 0 aliphatic carbocycles. The fourth-order valence-electron chi connectivity index (χ4n) is 3.63. The Labute approximate surface area is 160 Å². The number of amides is 1. The number of likely N-dealkylation sites (tertiary alicyclic amines) is 1. The summed E-state index contributed by atoms with van der Waals surface area (Å²) in [5.41, 5.74) is 2.04. The molecule has 2 aliphatic heterocycles. The summed E-state index contributed by atoms with van der Waals surface area (Å²) in [4.78, 5) is 14.0. The van der Waals surface area contributed by atoms with Crippen LogP contribution >= 0.6 is 11.6 Å². The number of nitrogens with zero attached hydrogens (tertiary/aromatic N) is 3. The van der Waals surface area contributed by atoms with Gasteiger partial charge in [-0.15, -0.1) is 0 Å². The Morgan fingerprint density at radius 3 is 2.38 bits per heavy atom. The molecule has 2 aliphatic rings.